The monoisotopic (exact) mass is 434 g/mol. The molecule has 162 valence electrons. The van der Waals surface area contributed by atoms with Crippen LogP contribution in [0.3, 0.4) is 0 Å². The van der Waals surface area contributed by atoms with Crippen molar-refractivity contribution in [3.8, 4) is 0 Å². The summed E-state index contributed by atoms with van der Waals surface area (Å²) in [7, 11) is 3.97. The molecule has 0 aliphatic carbocycles. The Hall–Kier alpha value is -2.96. The molecule has 0 spiro atoms. The highest BCUT2D eigenvalue weighted by Gasteiger charge is 2.14. The van der Waals surface area contributed by atoms with Gasteiger partial charge in [0.25, 0.3) is 5.91 Å². The highest BCUT2D eigenvalue weighted by Crippen LogP contribution is 2.29. The van der Waals surface area contributed by atoms with Crippen LogP contribution < -0.4 is 21.6 Å². The van der Waals surface area contributed by atoms with Gasteiger partial charge in [0.15, 0.2) is 0 Å². The maximum atomic E-state index is 12.8. The number of carbonyl (C=O) groups is 1. The number of benzene rings is 2. The molecule has 6 heteroatoms. The number of aromatic amines is 1. The number of nitrogens with one attached hydrogen (secondary N) is 2. The van der Waals surface area contributed by atoms with Crippen molar-refractivity contribution in [2.45, 2.75) is 17.6 Å². The van der Waals surface area contributed by atoms with Crippen LogP contribution in [-0.4, -0.2) is 43.0 Å². The van der Waals surface area contributed by atoms with Crippen molar-refractivity contribution in [3.63, 3.8) is 0 Å². The third-order valence-corrected chi connectivity index (χ3v) is 6.07. The van der Waals surface area contributed by atoms with Crippen LogP contribution in [0, 0.1) is 0 Å². The van der Waals surface area contributed by atoms with Crippen LogP contribution in [0.25, 0.3) is 23.6 Å². The first kappa shape index (κ1) is 22.7. The number of likely N-dealkylation sites (N-methyl/N-ethyl adjacent to an activating group) is 1. The fraction of sp³-hybridized carbons (Fsp3) is 0.240. The van der Waals surface area contributed by atoms with E-state index in [-0.39, 0.29) is 5.91 Å². The minimum absolute atomic E-state index is 0.0749. The molecule has 1 heterocycles. The van der Waals surface area contributed by atoms with Crippen LogP contribution in [0.15, 0.2) is 59.1 Å². The lowest BCUT2D eigenvalue weighted by atomic mass is 10.1. The Morgan fingerprint density at radius 3 is 2.68 bits per heavy atom. The van der Waals surface area contributed by atoms with Gasteiger partial charge in [0, 0.05) is 50.8 Å². The van der Waals surface area contributed by atoms with Crippen molar-refractivity contribution in [2.75, 3.05) is 27.2 Å². The minimum Gasteiger partial charge on any atom is -0.404 e. The number of carbonyl (C=O) groups excluding carboxylic acids is 1. The van der Waals surface area contributed by atoms with E-state index in [9.17, 15) is 4.79 Å². The van der Waals surface area contributed by atoms with Crippen LogP contribution in [0.5, 0.6) is 0 Å². The fourth-order valence-electron chi connectivity index (χ4n) is 3.28. The van der Waals surface area contributed by atoms with E-state index in [0.717, 1.165) is 44.2 Å². The standard InChI is InChI=1S/C25H30N4OS/c1-17(15-26)12-21-18(2)28-22-13-20(25(30)27-10-11-29(3)4)14-23(24(21)22)31-16-19-8-6-5-7-9-19/h5-9,12-15,28H,2,10-11,16,26H2,1,3-4H3,(H,27,30)/b17-15-,21-12+. The summed E-state index contributed by atoms with van der Waals surface area (Å²) < 4.78 is 0. The van der Waals surface area contributed by atoms with Crippen molar-refractivity contribution in [1.29, 1.82) is 0 Å². The van der Waals surface area contributed by atoms with E-state index in [0.29, 0.717) is 12.1 Å². The number of hydrogen-bond donors (Lipinski definition) is 3. The second kappa shape index (κ2) is 10.4. The molecule has 0 saturated heterocycles. The van der Waals surface area contributed by atoms with Gasteiger partial charge in [-0.15, -0.1) is 11.8 Å². The van der Waals surface area contributed by atoms with Gasteiger partial charge in [-0.3, -0.25) is 4.79 Å². The van der Waals surface area contributed by atoms with Crippen molar-refractivity contribution < 1.29 is 4.79 Å². The number of hydrogen-bond acceptors (Lipinski definition) is 4. The van der Waals surface area contributed by atoms with Crippen LogP contribution in [0.2, 0.25) is 0 Å². The van der Waals surface area contributed by atoms with Crippen LogP contribution in [0.1, 0.15) is 22.8 Å². The van der Waals surface area contributed by atoms with Gasteiger partial charge in [0.2, 0.25) is 0 Å². The van der Waals surface area contributed by atoms with Crippen molar-refractivity contribution in [1.82, 2.24) is 15.2 Å². The molecule has 4 N–H and O–H groups in total. The van der Waals surface area contributed by atoms with Gasteiger partial charge >= 0.3 is 0 Å². The molecule has 0 aliphatic heterocycles. The SMILES string of the molecule is C=c1[nH]c2cc(C(=O)NCCN(C)C)cc(SCc3ccccc3)c2/c1=C/C(C)=C\N. The summed E-state index contributed by atoms with van der Waals surface area (Å²) in [5, 5.41) is 5.88. The Kier molecular flexibility index (Phi) is 7.60. The number of rotatable bonds is 8. The van der Waals surface area contributed by atoms with E-state index < -0.39 is 0 Å². The summed E-state index contributed by atoms with van der Waals surface area (Å²) in [6, 6.07) is 14.2. The van der Waals surface area contributed by atoms with Crippen LogP contribution >= 0.6 is 11.8 Å². The summed E-state index contributed by atoms with van der Waals surface area (Å²) in [6.07, 6.45) is 3.62. The summed E-state index contributed by atoms with van der Waals surface area (Å²) >= 11 is 1.72. The van der Waals surface area contributed by atoms with Crippen molar-refractivity contribution >= 4 is 41.2 Å². The average Bonchev–Trinajstić information content (AvgIpc) is 3.07. The molecule has 5 nitrogen and oxygen atoms in total. The molecule has 0 unspecified atom stereocenters. The third kappa shape index (κ3) is 5.81. The lowest BCUT2D eigenvalue weighted by molar-refractivity contribution is 0.0951. The summed E-state index contributed by atoms with van der Waals surface area (Å²) in [5.74, 6) is 0.735. The van der Waals surface area contributed by atoms with Gasteiger partial charge in [0.05, 0.1) is 0 Å². The predicted octanol–water partition coefficient (Wildman–Crippen LogP) is 2.80. The summed E-state index contributed by atoms with van der Waals surface area (Å²) in [6.45, 7) is 7.53. The number of amides is 1. The smallest absolute Gasteiger partial charge is 0.251 e. The van der Waals surface area contributed by atoms with E-state index in [2.05, 4.69) is 29.0 Å². The molecule has 0 fully saturated rings. The first-order valence-electron chi connectivity index (χ1n) is 10.2. The summed E-state index contributed by atoms with van der Waals surface area (Å²) in [5.41, 5.74) is 9.43. The lowest BCUT2D eigenvalue weighted by Crippen LogP contribution is -2.31. The van der Waals surface area contributed by atoms with E-state index in [1.807, 2.05) is 62.3 Å². The first-order valence-corrected chi connectivity index (χ1v) is 11.2. The molecule has 0 radical (unpaired) electrons. The number of H-pyrrole nitrogens is 1. The lowest BCUT2D eigenvalue weighted by Gasteiger charge is -2.12. The highest BCUT2D eigenvalue weighted by atomic mass is 32.2. The maximum absolute atomic E-state index is 12.8. The van der Waals surface area contributed by atoms with E-state index in [1.165, 1.54) is 5.56 Å². The quantitative estimate of drug-likeness (QED) is 0.477. The molecule has 31 heavy (non-hydrogen) atoms. The Morgan fingerprint density at radius 2 is 2.00 bits per heavy atom. The van der Waals surface area contributed by atoms with Crippen molar-refractivity contribution in [3.05, 3.63) is 75.9 Å². The Balaban J connectivity index is 2.05. The van der Waals surface area contributed by atoms with Gasteiger partial charge in [-0.1, -0.05) is 36.9 Å². The molecule has 2 aromatic carbocycles. The molecular weight excluding hydrogens is 404 g/mol. The molecule has 0 atom stereocenters. The molecular formula is C25H30N4OS. The largest absolute Gasteiger partial charge is 0.404 e. The molecule has 1 amide bonds. The Labute approximate surface area is 187 Å². The van der Waals surface area contributed by atoms with E-state index >= 15 is 0 Å². The van der Waals surface area contributed by atoms with Crippen LogP contribution in [-0.2, 0) is 5.75 Å². The van der Waals surface area contributed by atoms with Gasteiger partial charge in [-0.05, 0) is 56.6 Å². The zero-order valence-electron chi connectivity index (χ0n) is 18.4. The van der Waals surface area contributed by atoms with Crippen molar-refractivity contribution in [2.24, 2.45) is 5.73 Å². The zero-order valence-corrected chi connectivity index (χ0v) is 19.2. The molecule has 3 rings (SSSR count). The van der Waals surface area contributed by atoms with Gasteiger partial charge in [-0.25, -0.2) is 0 Å². The van der Waals surface area contributed by atoms with E-state index in [4.69, 9.17) is 5.73 Å². The third-order valence-electron chi connectivity index (χ3n) is 4.96. The fourth-order valence-corrected chi connectivity index (χ4v) is 4.37. The average molecular weight is 435 g/mol. The number of allylic oxidation sites excluding steroid dienone is 1. The number of aromatic nitrogens is 1. The number of nitrogens with two attached hydrogens (primary N) is 1. The summed E-state index contributed by atoms with van der Waals surface area (Å²) in [4.78, 5) is 19.2. The zero-order chi connectivity index (χ0) is 22.4. The number of thioether (sulfide) groups is 1. The van der Waals surface area contributed by atoms with Crippen LogP contribution in [0.4, 0.5) is 0 Å². The topological polar surface area (TPSA) is 74.2 Å². The normalized spacial score (nSPS) is 12.6. The number of fused-ring (bicyclic) bond motifs is 1. The molecule has 3 aromatic rings. The van der Waals surface area contributed by atoms with Gasteiger partial charge < -0.3 is 20.9 Å². The van der Waals surface area contributed by atoms with Gasteiger partial charge in [-0.2, -0.15) is 0 Å². The van der Waals surface area contributed by atoms with E-state index in [1.54, 1.807) is 18.0 Å². The molecule has 0 bridgehead atoms. The van der Waals surface area contributed by atoms with Gasteiger partial charge in [0.1, 0.15) is 0 Å². The molecule has 0 aliphatic rings. The first-order chi connectivity index (χ1) is 14.9. The highest BCUT2D eigenvalue weighted by molar-refractivity contribution is 7.98. The molecule has 0 saturated carbocycles. The minimum atomic E-state index is -0.0749. The maximum Gasteiger partial charge on any atom is 0.251 e. The predicted molar refractivity (Wildman–Crippen MR) is 132 cm³/mol. The second-order valence-corrected chi connectivity index (χ2v) is 8.82. The molecule has 1 aromatic heterocycles. The number of nitrogens with zero attached hydrogens (tertiary/aromatic N) is 1. The Morgan fingerprint density at radius 1 is 1.26 bits per heavy atom. The Bertz CT molecular complexity index is 1200. The second-order valence-electron chi connectivity index (χ2n) is 7.80.